The van der Waals surface area contributed by atoms with Gasteiger partial charge < -0.3 is 19.8 Å². The summed E-state index contributed by atoms with van der Waals surface area (Å²) in [4.78, 5) is 2.04. The lowest BCUT2D eigenvalue weighted by Gasteiger charge is -2.49. The first-order valence-electron chi connectivity index (χ1n) is 7.12. The third-order valence-corrected chi connectivity index (χ3v) is 4.67. The Hall–Kier alpha value is -0.810. The zero-order chi connectivity index (χ0) is 14.9. The Morgan fingerprint density at radius 2 is 1.95 bits per heavy atom. The van der Waals surface area contributed by atoms with E-state index in [-0.39, 0.29) is 24.4 Å². The van der Waals surface area contributed by atoms with Crippen LogP contribution in [-0.4, -0.2) is 48.5 Å². The van der Waals surface area contributed by atoms with E-state index in [0.29, 0.717) is 0 Å². The number of aliphatic hydroxyl groups excluding tert-OH is 1. The molecule has 1 aliphatic rings. The second-order valence-electron chi connectivity index (χ2n) is 5.97. The van der Waals surface area contributed by atoms with Crippen molar-refractivity contribution in [2.24, 2.45) is 5.92 Å². The van der Waals surface area contributed by atoms with Crippen LogP contribution >= 0.6 is 12.4 Å². The van der Waals surface area contributed by atoms with E-state index >= 15 is 0 Å². The summed E-state index contributed by atoms with van der Waals surface area (Å²) in [6, 6.07) is 7.50. The van der Waals surface area contributed by atoms with E-state index in [4.69, 9.17) is 4.74 Å². The van der Waals surface area contributed by atoms with Crippen LogP contribution in [-0.2, 0) is 5.60 Å². The molecule has 0 radical (unpaired) electrons. The van der Waals surface area contributed by atoms with Crippen molar-refractivity contribution in [1.82, 2.24) is 4.90 Å². The topological polar surface area (TPSA) is 52.9 Å². The number of hydrogen-bond donors (Lipinski definition) is 2. The third-order valence-electron chi connectivity index (χ3n) is 4.67. The average Bonchev–Trinajstić information content (AvgIpc) is 2.44. The summed E-state index contributed by atoms with van der Waals surface area (Å²) >= 11 is 0. The van der Waals surface area contributed by atoms with E-state index < -0.39 is 11.7 Å². The highest BCUT2D eigenvalue weighted by Gasteiger charge is 2.50. The molecule has 0 bridgehead atoms. The number of methoxy groups -OCH3 is 1. The zero-order valence-corrected chi connectivity index (χ0v) is 13.9. The minimum atomic E-state index is -1.07. The maximum Gasteiger partial charge on any atom is 0.119 e. The van der Waals surface area contributed by atoms with Gasteiger partial charge in [-0.1, -0.05) is 19.1 Å². The van der Waals surface area contributed by atoms with E-state index in [9.17, 15) is 10.2 Å². The van der Waals surface area contributed by atoms with Gasteiger partial charge in [-0.3, -0.25) is 0 Å². The molecule has 120 valence electrons. The van der Waals surface area contributed by atoms with E-state index in [2.05, 4.69) is 0 Å². The van der Waals surface area contributed by atoms with E-state index in [1.54, 1.807) is 7.11 Å². The Morgan fingerprint density at radius 3 is 2.52 bits per heavy atom. The highest BCUT2D eigenvalue weighted by molar-refractivity contribution is 5.85. The number of halogens is 1. The van der Waals surface area contributed by atoms with Gasteiger partial charge in [0.2, 0.25) is 0 Å². The molecule has 0 aliphatic heterocycles. The molecule has 1 aliphatic carbocycles. The number of rotatable bonds is 3. The van der Waals surface area contributed by atoms with Crippen LogP contribution in [0.3, 0.4) is 0 Å². The lowest BCUT2D eigenvalue weighted by molar-refractivity contribution is -0.145. The van der Waals surface area contributed by atoms with Crippen molar-refractivity contribution in [2.45, 2.75) is 37.5 Å². The van der Waals surface area contributed by atoms with Gasteiger partial charge in [0.1, 0.15) is 11.4 Å². The SMILES string of the molecule is COc1cccc(C2(O)C(C)C(O)CCC2N(C)C)c1.Cl. The van der Waals surface area contributed by atoms with Gasteiger partial charge in [0, 0.05) is 12.0 Å². The van der Waals surface area contributed by atoms with Gasteiger partial charge in [-0.05, 0) is 44.6 Å². The van der Waals surface area contributed by atoms with Crippen LogP contribution in [0.2, 0.25) is 0 Å². The van der Waals surface area contributed by atoms with Crippen LogP contribution in [0.5, 0.6) is 5.75 Å². The minimum Gasteiger partial charge on any atom is -0.497 e. The summed E-state index contributed by atoms with van der Waals surface area (Å²) in [5.74, 6) is 0.497. The van der Waals surface area contributed by atoms with Crippen LogP contribution in [0.25, 0.3) is 0 Å². The molecule has 0 spiro atoms. The summed E-state index contributed by atoms with van der Waals surface area (Å²) < 4.78 is 5.26. The Morgan fingerprint density at radius 1 is 1.29 bits per heavy atom. The predicted octanol–water partition coefficient (Wildman–Crippen LogP) is 2.03. The summed E-state index contributed by atoms with van der Waals surface area (Å²) in [6.45, 7) is 1.92. The molecule has 4 atom stereocenters. The summed E-state index contributed by atoms with van der Waals surface area (Å²) in [5.41, 5.74) is -0.266. The fourth-order valence-corrected chi connectivity index (χ4v) is 3.37. The van der Waals surface area contributed by atoms with E-state index in [1.807, 2.05) is 50.2 Å². The van der Waals surface area contributed by atoms with Gasteiger partial charge in [-0.25, -0.2) is 0 Å². The minimum absolute atomic E-state index is 0. The van der Waals surface area contributed by atoms with Gasteiger partial charge >= 0.3 is 0 Å². The van der Waals surface area contributed by atoms with E-state index in [0.717, 1.165) is 24.2 Å². The fraction of sp³-hybridized carbons (Fsp3) is 0.625. The third kappa shape index (κ3) is 3.19. The second kappa shape index (κ2) is 6.97. The molecule has 1 aromatic carbocycles. The number of ether oxygens (including phenoxy) is 1. The van der Waals surface area contributed by atoms with Crippen molar-refractivity contribution in [2.75, 3.05) is 21.2 Å². The summed E-state index contributed by atoms with van der Waals surface area (Å²) in [7, 11) is 5.56. The molecule has 1 aromatic rings. The van der Waals surface area contributed by atoms with Gasteiger partial charge in [0.05, 0.1) is 13.2 Å². The van der Waals surface area contributed by atoms with Crippen molar-refractivity contribution in [3.8, 4) is 5.75 Å². The Labute approximate surface area is 133 Å². The first-order chi connectivity index (χ1) is 9.41. The van der Waals surface area contributed by atoms with Crippen LogP contribution in [0.4, 0.5) is 0 Å². The molecule has 0 heterocycles. The predicted molar refractivity (Wildman–Crippen MR) is 86.0 cm³/mol. The van der Waals surface area contributed by atoms with Gasteiger partial charge in [-0.2, -0.15) is 0 Å². The Kier molecular flexibility index (Phi) is 6.05. The molecule has 5 heteroatoms. The van der Waals surface area contributed by atoms with Crippen LogP contribution < -0.4 is 4.74 Å². The van der Waals surface area contributed by atoms with Crippen LogP contribution in [0.1, 0.15) is 25.3 Å². The monoisotopic (exact) mass is 315 g/mol. The van der Waals surface area contributed by atoms with Crippen molar-refractivity contribution >= 4 is 12.4 Å². The Bertz CT molecular complexity index is 469. The lowest BCUT2D eigenvalue weighted by Crippen LogP contribution is -2.58. The maximum absolute atomic E-state index is 11.4. The quantitative estimate of drug-likeness (QED) is 0.896. The van der Waals surface area contributed by atoms with Crippen molar-refractivity contribution in [1.29, 1.82) is 0 Å². The van der Waals surface area contributed by atoms with Crippen molar-refractivity contribution in [3.05, 3.63) is 29.8 Å². The molecule has 21 heavy (non-hydrogen) atoms. The van der Waals surface area contributed by atoms with E-state index in [1.165, 1.54) is 0 Å². The maximum atomic E-state index is 11.4. The molecule has 0 amide bonds. The molecule has 4 nitrogen and oxygen atoms in total. The van der Waals surface area contributed by atoms with Crippen LogP contribution in [0.15, 0.2) is 24.3 Å². The van der Waals surface area contributed by atoms with Gasteiger partial charge in [-0.15, -0.1) is 12.4 Å². The lowest BCUT2D eigenvalue weighted by atomic mass is 9.67. The largest absolute Gasteiger partial charge is 0.497 e. The van der Waals surface area contributed by atoms with Crippen molar-refractivity contribution < 1.29 is 14.9 Å². The molecule has 0 aromatic heterocycles. The highest BCUT2D eigenvalue weighted by atomic mass is 35.5. The number of likely N-dealkylation sites (N-methyl/N-ethyl adjacent to an activating group) is 1. The zero-order valence-electron chi connectivity index (χ0n) is 13.1. The smallest absolute Gasteiger partial charge is 0.119 e. The number of nitrogens with zero attached hydrogens (tertiary/aromatic N) is 1. The number of hydrogen-bond acceptors (Lipinski definition) is 4. The first kappa shape index (κ1) is 18.2. The van der Waals surface area contributed by atoms with Crippen LogP contribution in [0, 0.1) is 5.92 Å². The fourth-order valence-electron chi connectivity index (χ4n) is 3.37. The first-order valence-corrected chi connectivity index (χ1v) is 7.12. The summed E-state index contributed by atoms with van der Waals surface area (Å²) in [6.07, 6.45) is 1.00. The van der Waals surface area contributed by atoms with Gasteiger partial charge in [0.25, 0.3) is 0 Å². The van der Waals surface area contributed by atoms with Gasteiger partial charge in [0.15, 0.2) is 0 Å². The molecule has 2 N–H and O–H groups in total. The Balaban J connectivity index is 0.00000220. The number of benzene rings is 1. The molecule has 1 fully saturated rings. The number of aliphatic hydroxyl groups is 2. The molecular weight excluding hydrogens is 290 g/mol. The molecule has 1 saturated carbocycles. The molecule has 2 rings (SSSR count). The molecular formula is C16H26ClNO3. The van der Waals surface area contributed by atoms with Crippen molar-refractivity contribution in [3.63, 3.8) is 0 Å². The average molecular weight is 316 g/mol. The molecule has 0 saturated heterocycles. The normalized spacial score (nSPS) is 32.6. The summed E-state index contributed by atoms with van der Waals surface area (Å²) in [5, 5.41) is 21.6. The highest BCUT2D eigenvalue weighted by Crippen LogP contribution is 2.44. The second-order valence-corrected chi connectivity index (χ2v) is 5.97. The standard InChI is InChI=1S/C16H25NO3.ClH/c1-11-14(18)8-9-15(17(2)3)16(11,19)12-6-5-7-13(10-12)20-4;/h5-7,10-11,14-15,18-19H,8-9H2,1-4H3;1H. The molecule has 4 unspecified atom stereocenters.